The molecule has 236 valence electrons. The molecule has 0 spiro atoms. The molecule has 3 heterocycles. The summed E-state index contributed by atoms with van der Waals surface area (Å²) in [6.45, 7) is 1.41. The Kier molecular flexibility index (Phi) is 8.89. The molecule has 2 aliphatic rings. The highest BCUT2D eigenvalue weighted by molar-refractivity contribution is 7.81. The van der Waals surface area contributed by atoms with Gasteiger partial charge in [0.2, 0.25) is 5.88 Å². The van der Waals surface area contributed by atoms with Gasteiger partial charge in [0.05, 0.1) is 28.7 Å². The van der Waals surface area contributed by atoms with Crippen LogP contribution in [0, 0.1) is 5.82 Å². The van der Waals surface area contributed by atoms with E-state index in [1.165, 1.54) is 29.2 Å². The van der Waals surface area contributed by atoms with Crippen molar-refractivity contribution < 1.29 is 44.5 Å². The van der Waals surface area contributed by atoms with Crippen molar-refractivity contribution in [2.75, 3.05) is 50.5 Å². The monoisotopic (exact) mass is 644 g/mol. The molecule has 44 heavy (non-hydrogen) atoms. The van der Waals surface area contributed by atoms with Crippen molar-refractivity contribution >= 4 is 22.7 Å². The van der Waals surface area contributed by atoms with E-state index in [2.05, 4.69) is 4.98 Å². The van der Waals surface area contributed by atoms with Crippen molar-refractivity contribution in [2.24, 2.45) is 0 Å². The number of rotatable bonds is 5. The van der Waals surface area contributed by atoms with Crippen molar-refractivity contribution in [3.05, 3.63) is 76.6 Å². The van der Waals surface area contributed by atoms with E-state index in [-0.39, 0.29) is 42.6 Å². The maximum atomic E-state index is 14.1. The molecule has 0 bridgehead atoms. The number of halogens is 7. The molecule has 0 N–H and O–H groups in total. The van der Waals surface area contributed by atoms with E-state index in [9.17, 15) is 39.7 Å². The summed E-state index contributed by atoms with van der Waals surface area (Å²) in [7, 11) is -1.15. The van der Waals surface area contributed by atoms with Gasteiger partial charge in [0, 0.05) is 51.1 Å². The molecular weight excluding hydrogens is 617 g/mol. The van der Waals surface area contributed by atoms with Gasteiger partial charge in [-0.1, -0.05) is 12.1 Å². The fourth-order valence-electron chi connectivity index (χ4n) is 5.18. The highest BCUT2D eigenvalue weighted by Gasteiger charge is 2.37. The molecule has 0 aliphatic carbocycles. The van der Waals surface area contributed by atoms with Gasteiger partial charge in [-0.25, -0.2) is 12.9 Å². The molecule has 1 aromatic heterocycles. The summed E-state index contributed by atoms with van der Waals surface area (Å²) in [4.78, 5) is 21.7. The SMILES string of the molecule is CS(=O)N1CCN(c2cc(-c3ccc(F)cc3)c3c(n2)OCCCN(Cc2cc(C(F)(F)F)cc(C(F)(F)F)c2)C3=O)CC1. The number of carbonyl (C=O) groups excluding carboxylic acids is 1. The normalized spacial score (nSPS) is 17.5. The Morgan fingerprint density at radius 2 is 1.50 bits per heavy atom. The third kappa shape index (κ3) is 6.98. The quantitative estimate of drug-likeness (QED) is 0.331. The Morgan fingerprint density at radius 3 is 2.07 bits per heavy atom. The van der Waals surface area contributed by atoms with Crippen molar-refractivity contribution in [1.82, 2.24) is 14.2 Å². The Morgan fingerprint density at radius 1 is 0.886 bits per heavy atom. The first kappa shape index (κ1) is 31.7. The number of benzene rings is 2. The maximum Gasteiger partial charge on any atom is 0.416 e. The molecule has 1 saturated heterocycles. The van der Waals surface area contributed by atoms with Crippen LogP contribution in [0.5, 0.6) is 5.88 Å². The number of hydrogen-bond donors (Lipinski definition) is 0. The standard InChI is InChI=1S/C29H27F7N4O3S/c1-44(42)40-10-8-38(9-11-40)24-16-23(19-3-5-22(30)6-4-19)25-26(37-24)43-12-2-7-39(27(25)41)17-18-13-20(28(31,32)33)15-21(14-18)29(34,35)36/h3-6,13-16H,2,7-12,17H2,1H3. The summed E-state index contributed by atoms with van der Waals surface area (Å²) in [5.41, 5.74) is -2.61. The third-order valence-electron chi connectivity index (χ3n) is 7.39. The predicted octanol–water partition coefficient (Wildman–Crippen LogP) is 5.77. The van der Waals surface area contributed by atoms with Gasteiger partial charge in [-0.2, -0.15) is 31.3 Å². The average Bonchev–Trinajstić information content (AvgIpc) is 2.96. The number of fused-ring (bicyclic) bond motifs is 1. The molecule has 1 fully saturated rings. The molecule has 1 unspecified atom stereocenters. The van der Waals surface area contributed by atoms with Crippen LogP contribution >= 0.6 is 0 Å². The van der Waals surface area contributed by atoms with E-state index >= 15 is 0 Å². The first-order valence-electron chi connectivity index (χ1n) is 13.6. The second-order valence-corrected chi connectivity index (χ2v) is 11.8. The molecule has 3 aromatic rings. The molecule has 5 rings (SSSR count). The van der Waals surface area contributed by atoms with Crippen LogP contribution in [0.15, 0.2) is 48.5 Å². The zero-order valence-electron chi connectivity index (χ0n) is 23.3. The molecule has 2 aromatic carbocycles. The average molecular weight is 645 g/mol. The van der Waals surface area contributed by atoms with Crippen LogP contribution in [0.3, 0.4) is 0 Å². The predicted molar refractivity (Wildman–Crippen MR) is 149 cm³/mol. The number of ether oxygens (including phenoxy) is 1. The molecule has 0 saturated carbocycles. The third-order valence-corrected chi connectivity index (χ3v) is 8.48. The molecule has 1 amide bonds. The summed E-state index contributed by atoms with van der Waals surface area (Å²) in [6.07, 6.45) is -8.26. The molecule has 2 aliphatic heterocycles. The molecule has 0 radical (unpaired) electrons. The Balaban J connectivity index is 1.57. The lowest BCUT2D eigenvalue weighted by Crippen LogP contribution is -2.47. The van der Waals surface area contributed by atoms with Crippen molar-refractivity contribution in [3.63, 3.8) is 0 Å². The number of alkyl halides is 6. The van der Waals surface area contributed by atoms with E-state index in [0.29, 0.717) is 55.3 Å². The Labute approximate surface area is 250 Å². The molecule has 15 heteroatoms. The number of nitrogens with zero attached hydrogens (tertiary/aromatic N) is 4. The van der Waals surface area contributed by atoms with Gasteiger partial charge in [-0.3, -0.25) is 4.79 Å². The lowest BCUT2D eigenvalue weighted by atomic mass is 9.98. The number of aromatic nitrogens is 1. The number of amides is 1. The van der Waals surface area contributed by atoms with E-state index < -0.39 is 52.7 Å². The summed E-state index contributed by atoms with van der Waals surface area (Å²) < 4.78 is 114. The van der Waals surface area contributed by atoms with Crippen LogP contribution in [0.1, 0.15) is 33.5 Å². The second kappa shape index (κ2) is 12.3. The lowest BCUT2D eigenvalue weighted by Gasteiger charge is -2.35. The van der Waals surface area contributed by atoms with Crippen LogP contribution in [-0.4, -0.2) is 69.9 Å². The van der Waals surface area contributed by atoms with Crippen LogP contribution in [0.25, 0.3) is 11.1 Å². The summed E-state index contributed by atoms with van der Waals surface area (Å²) in [5, 5.41) is 0. The molecule has 1 atom stereocenters. The molecular formula is C29H27F7N4O3S. The number of carbonyl (C=O) groups is 1. The highest BCUT2D eigenvalue weighted by Crippen LogP contribution is 2.38. The number of hydrogen-bond acceptors (Lipinski definition) is 5. The summed E-state index contributed by atoms with van der Waals surface area (Å²) in [6, 6.07) is 8.16. The minimum Gasteiger partial charge on any atom is -0.477 e. The van der Waals surface area contributed by atoms with Gasteiger partial charge in [0.25, 0.3) is 5.91 Å². The number of anilines is 1. The fourth-order valence-corrected chi connectivity index (χ4v) is 5.86. The fraction of sp³-hybridized carbons (Fsp3) is 0.379. The smallest absolute Gasteiger partial charge is 0.416 e. The van der Waals surface area contributed by atoms with Crippen LogP contribution in [0.2, 0.25) is 0 Å². The van der Waals surface area contributed by atoms with Crippen molar-refractivity contribution in [1.29, 1.82) is 0 Å². The maximum absolute atomic E-state index is 14.1. The van der Waals surface area contributed by atoms with Crippen molar-refractivity contribution in [2.45, 2.75) is 25.3 Å². The first-order valence-corrected chi connectivity index (χ1v) is 15.1. The summed E-state index contributed by atoms with van der Waals surface area (Å²) >= 11 is 0. The lowest BCUT2D eigenvalue weighted by molar-refractivity contribution is -0.143. The highest BCUT2D eigenvalue weighted by atomic mass is 32.2. The van der Waals surface area contributed by atoms with Crippen LogP contribution in [0.4, 0.5) is 36.6 Å². The van der Waals surface area contributed by atoms with Crippen LogP contribution in [-0.2, 0) is 29.9 Å². The van der Waals surface area contributed by atoms with E-state index in [0.717, 1.165) is 0 Å². The zero-order valence-corrected chi connectivity index (χ0v) is 24.2. The van der Waals surface area contributed by atoms with Gasteiger partial charge < -0.3 is 14.5 Å². The Bertz CT molecular complexity index is 1520. The van der Waals surface area contributed by atoms with Gasteiger partial charge in [-0.15, -0.1) is 0 Å². The van der Waals surface area contributed by atoms with Gasteiger partial charge in [0.15, 0.2) is 0 Å². The number of piperazine rings is 1. The second-order valence-electron chi connectivity index (χ2n) is 10.4. The largest absolute Gasteiger partial charge is 0.477 e. The molecule has 7 nitrogen and oxygen atoms in total. The summed E-state index contributed by atoms with van der Waals surface area (Å²) in [5.74, 6) is -0.852. The van der Waals surface area contributed by atoms with Crippen molar-refractivity contribution in [3.8, 4) is 17.0 Å². The minimum atomic E-state index is -5.04. The van der Waals surface area contributed by atoms with Gasteiger partial charge >= 0.3 is 12.4 Å². The number of pyridine rings is 1. The van der Waals surface area contributed by atoms with E-state index in [4.69, 9.17) is 4.74 Å². The van der Waals surface area contributed by atoms with Crippen LogP contribution < -0.4 is 9.64 Å². The van der Waals surface area contributed by atoms with E-state index in [1.54, 1.807) is 16.6 Å². The zero-order chi connectivity index (χ0) is 31.8. The van der Waals surface area contributed by atoms with Gasteiger partial charge in [0.1, 0.15) is 17.2 Å². The topological polar surface area (TPSA) is 66.0 Å². The minimum absolute atomic E-state index is 0.0173. The Hall–Kier alpha value is -3.72. The van der Waals surface area contributed by atoms with E-state index in [1.807, 2.05) is 4.90 Å². The van der Waals surface area contributed by atoms with Gasteiger partial charge in [-0.05, 0) is 53.9 Å². The first-order chi connectivity index (χ1) is 20.7.